The SMILES string of the molecule is CC(C)N1c2ccc(C=C3C(=O)NC(=O)NC3=O)cc2[C@@H](C)CC1(C)C. The predicted octanol–water partition coefficient (Wildman–Crippen LogP) is 2.94. The van der Waals surface area contributed by atoms with Crippen molar-refractivity contribution in [1.29, 1.82) is 0 Å². The lowest BCUT2D eigenvalue weighted by molar-refractivity contribution is -0.123. The number of fused-ring (bicyclic) bond motifs is 1. The molecular weight excluding hydrogens is 330 g/mol. The minimum absolute atomic E-state index is 0.0596. The Morgan fingerprint density at radius 3 is 2.35 bits per heavy atom. The van der Waals surface area contributed by atoms with Gasteiger partial charge in [-0.25, -0.2) is 4.79 Å². The van der Waals surface area contributed by atoms with Gasteiger partial charge in [-0.15, -0.1) is 0 Å². The molecule has 138 valence electrons. The van der Waals surface area contributed by atoms with Gasteiger partial charge >= 0.3 is 6.03 Å². The molecule has 6 nitrogen and oxygen atoms in total. The van der Waals surface area contributed by atoms with Crippen molar-refractivity contribution in [1.82, 2.24) is 10.6 Å². The molecule has 1 aromatic rings. The van der Waals surface area contributed by atoms with Gasteiger partial charge in [-0.2, -0.15) is 0 Å². The van der Waals surface area contributed by atoms with E-state index in [0.29, 0.717) is 12.0 Å². The molecule has 0 aliphatic carbocycles. The summed E-state index contributed by atoms with van der Waals surface area (Å²) in [4.78, 5) is 37.5. The Balaban J connectivity index is 2.03. The van der Waals surface area contributed by atoms with Crippen LogP contribution in [-0.4, -0.2) is 29.4 Å². The van der Waals surface area contributed by atoms with Gasteiger partial charge in [-0.1, -0.05) is 13.0 Å². The van der Waals surface area contributed by atoms with Gasteiger partial charge in [0.15, 0.2) is 0 Å². The normalized spacial score (nSPS) is 22.1. The highest BCUT2D eigenvalue weighted by atomic mass is 16.2. The van der Waals surface area contributed by atoms with Crippen molar-refractivity contribution >= 4 is 29.6 Å². The molecule has 0 spiro atoms. The van der Waals surface area contributed by atoms with E-state index in [-0.39, 0.29) is 11.1 Å². The monoisotopic (exact) mass is 355 g/mol. The summed E-state index contributed by atoms with van der Waals surface area (Å²) in [7, 11) is 0. The van der Waals surface area contributed by atoms with E-state index in [1.54, 1.807) is 0 Å². The lowest BCUT2D eigenvalue weighted by atomic mass is 9.79. The van der Waals surface area contributed by atoms with Crippen LogP contribution in [0.15, 0.2) is 23.8 Å². The lowest BCUT2D eigenvalue weighted by Gasteiger charge is -2.50. The van der Waals surface area contributed by atoms with Crippen molar-refractivity contribution in [3.8, 4) is 0 Å². The largest absolute Gasteiger partial charge is 0.364 e. The molecule has 0 radical (unpaired) electrons. The topological polar surface area (TPSA) is 78.5 Å². The van der Waals surface area contributed by atoms with Crippen molar-refractivity contribution in [2.45, 2.75) is 58.5 Å². The fourth-order valence-corrected chi connectivity index (χ4v) is 4.31. The Hall–Kier alpha value is -2.63. The third kappa shape index (κ3) is 3.11. The highest BCUT2D eigenvalue weighted by Gasteiger charge is 2.37. The molecule has 2 aliphatic heterocycles. The highest BCUT2D eigenvalue weighted by Crippen LogP contribution is 2.44. The highest BCUT2D eigenvalue weighted by molar-refractivity contribution is 6.31. The molecule has 0 unspecified atom stereocenters. The van der Waals surface area contributed by atoms with Gasteiger partial charge in [0.05, 0.1) is 0 Å². The first-order valence-corrected chi connectivity index (χ1v) is 8.92. The summed E-state index contributed by atoms with van der Waals surface area (Å²) in [5.74, 6) is -0.979. The van der Waals surface area contributed by atoms with E-state index in [0.717, 1.165) is 12.0 Å². The molecule has 1 atom stereocenters. The number of hydrogen-bond acceptors (Lipinski definition) is 4. The van der Waals surface area contributed by atoms with Crippen LogP contribution in [-0.2, 0) is 9.59 Å². The van der Waals surface area contributed by atoms with E-state index >= 15 is 0 Å². The number of benzene rings is 1. The minimum atomic E-state index is -0.786. The smallest absolute Gasteiger partial charge is 0.328 e. The van der Waals surface area contributed by atoms with E-state index in [1.807, 2.05) is 12.1 Å². The quantitative estimate of drug-likeness (QED) is 0.631. The third-order valence-electron chi connectivity index (χ3n) is 5.07. The molecule has 2 N–H and O–H groups in total. The predicted molar refractivity (Wildman–Crippen MR) is 101 cm³/mol. The van der Waals surface area contributed by atoms with Gasteiger partial charge in [0.2, 0.25) is 0 Å². The minimum Gasteiger partial charge on any atom is -0.364 e. The summed E-state index contributed by atoms with van der Waals surface area (Å²) in [6.45, 7) is 11.1. The van der Waals surface area contributed by atoms with E-state index in [9.17, 15) is 14.4 Å². The van der Waals surface area contributed by atoms with Crippen LogP contribution in [0, 0.1) is 0 Å². The fourth-order valence-electron chi connectivity index (χ4n) is 4.31. The molecule has 1 aromatic carbocycles. The second kappa shape index (κ2) is 6.27. The third-order valence-corrected chi connectivity index (χ3v) is 5.07. The van der Waals surface area contributed by atoms with Gasteiger partial charge in [-0.05, 0) is 69.4 Å². The van der Waals surface area contributed by atoms with Crippen molar-refractivity contribution in [3.63, 3.8) is 0 Å². The Labute approximate surface area is 153 Å². The number of amides is 4. The number of rotatable bonds is 2. The molecule has 2 heterocycles. The molecule has 26 heavy (non-hydrogen) atoms. The molecule has 1 fully saturated rings. The first-order chi connectivity index (χ1) is 12.1. The lowest BCUT2D eigenvalue weighted by Crippen LogP contribution is -2.51. The maximum Gasteiger partial charge on any atom is 0.328 e. The van der Waals surface area contributed by atoms with Gasteiger partial charge in [-0.3, -0.25) is 20.2 Å². The standard InChI is InChI=1S/C20H25N3O3/c1-11(2)23-16-7-6-13(8-14(16)12(3)10-20(23,4)5)9-15-17(24)21-19(26)22-18(15)25/h6-9,11-12H,10H2,1-5H3,(H2,21,22,24,25,26)/t12-/m0/s1. The van der Waals surface area contributed by atoms with Crippen LogP contribution in [0.2, 0.25) is 0 Å². The zero-order valence-electron chi connectivity index (χ0n) is 15.8. The molecule has 0 saturated carbocycles. The molecule has 0 aromatic heterocycles. The summed E-state index contributed by atoms with van der Waals surface area (Å²) in [5, 5.41) is 4.20. The Morgan fingerprint density at radius 2 is 1.77 bits per heavy atom. The number of carbonyl (C=O) groups is 3. The molecule has 0 bridgehead atoms. The van der Waals surface area contributed by atoms with E-state index in [2.05, 4.69) is 56.2 Å². The molecule has 6 heteroatoms. The molecular formula is C20H25N3O3. The van der Waals surface area contributed by atoms with Crippen LogP contribution in [0.1, 0.15) is 58.1 Å². The molecule has 1 saturated heterocycles. The first kappa shape index (κ1) is 18.2. The van der Waals surface area contributed by atoms with E-state index < -0.39 is 17.8 Å². The Bertz CT molecular complexity index is 802. The number of barbiturate groups is 1. The number of anilines is 1. The molecule has 3 rings (SSSR count). The number of urea groups is 1. The zero-order valence-corrected chi connectivity index (χ0v) is 15.8. The summed E-state index contributed by atoms with van der Waals surface area (Å²) in [6, 6.07) is 5.58. The maximum atomic E-state index is 11.9. The van der Waals surface area contributed by atoms with E-state index in [1.165, 1.54) is 17.3 Å². The second-order valence-electron chi connectivity index (χ2n) is 7.99. The van der Waals surface area contributed by atoms with E-state index in [4.69, 9.17) is 0 Å². The van der Waals surface area contributed by atoms with Crippen LogP contribution in [0.25, 0.3) is 6.08 Å². The summed E-state index contributed by atoms with van der Waals surface area (Å²) in [6.07, 6.45) is 2.55. The van der Waals surface area contributed by atoms with Crippen molar-refractivity contribution < 1.29 is 14.4 Å². The van der Waals surface area contributed by atoms with Crippen molar-refractivity contribution in [2.75, 3.05) is 4.90 Å². The zero-order chi connectivity index (χ0) is 19.2. The number of nitrogens with one attached hydrogen (secondary N) is 2. The van der Waals surface area contributed by atoms with Crippen LogP contribution >= 0.6 is 0 Å². The first-order valence-electron chi connectivity index (χ1n) is 8.92. The van der Waals surface area contributed by atoms with Crippen LogP contribution in [0.4, 0.5) is 10.5 Å². The average Bonchev–Trinajstić information content (AvgIpc) is 2.50. The van der Waals surface area contributed by atoms with Crippen molar-refractivity contribution in [3.05, 3.63) is 34.9 Å². The summed E-state index contributed by atoms with van der Waals surface area (Å²) in [5.41, 5.74) is 3.17. The summed E-state index contributed by atoms with van der Waals surface area (Å²) >= 11 is 0. The average molecular weight is 355 g/mol. The van der Waals surface area contributed by atoms with Gasteiger partial charge in [0, 0.05) is 17.3 Å². The van der Waals surface area contributed by atoms with Crippen LogP contribution in [0.3, 0.4) is 0 Å². The number of imide groups is 2. The molecule has 4 amide bonds. The Morgan fingerprint density at radius 1 is 1.15 bits per heavy atom. The van der Waals surface area contributed by atoms with Crippen LogP contribution in [0.5, 0.6) is 0 Å². The number of carbonyl (C=O) groups excluding carboxylic acids is 3. The number of hydrogen-bond donors (Lipinski definition) is 2. The fraction of sp³-hybridized carbons (Fsp3) is 0.450. The van der Waals surface area contributed by atoms with Gasteiger partial charge < -0.3 is 4.90 Å². The van der Waals surface area contributed by atoms with Gasteiger partial charge in [0.25, 0.3) is 11.8 Å². The summed E-state index contributed by atoms with van der Waals surface area (Å²) < 4.78 is 0. The van der Waals surface area contributed by atoms with Gasteiger partial charge in [0.1, 0.15) is 5.57 Å². The van der Waals surface area contributed by atoms with Crippen LogP contribution < -0.4 is 15.5 Å². The number of nitrogens with zero attached hydrogens (tertiary/aromatic N) is 1. The Kier molecular flexibility index (Phi) is 4.38. The van der Waals surface area contributed by atoms with Crippen molar-refractivity contribution in [2.24, 2.45) is 0 Å². The maximum absolute atomic E-state index is 11.9. The molecule has 2 aliphatic rings. The second-order valence-corrected chi connectivity index (χ2v) is 7.99.